The van der Waals surface area contributed by atoms with Gasteiger partial charge in [0, 0.05) is 12.2 Å². The maximum absolute atomic E-state index is 12.0. The van der Waals surface area contributed by atoms with E-state index in [9.17, 15) is 16.8 Å². The van der Waals surface area contributed by atoms with Gasteiger partial charge in [0.05, 0.1) is 16.7 Å². The van der Waals surface area contributed by atoms with Crippen LogP contribution in [0.5, 0.6) is 0 Å². The van der Waals surface area contributed by atoms with Crippen LogP contribution >= 0.6 is 0 Å². The third-order valence-electron chi connectivity index (χ3n) is 3.55. The number of hydrogen-bond acceptors (Lipinski definition) is 6. The number of rotatable bonds is 5. The van der Waals surface area contributed by atoms with Gasteiger partial charge in [-0.05, 0) is 38.1 Å². The lowest BCUT2D eigenvalue weighted by atomic mass is 10.2. The molecule has 1 aliphatic heterocycles. The molecule has 1 aromatic carbocycles. The molecule has 21 heavy (non-hydrogen) atoms. The van der Waals surface area contributed by atoms with Crippen molar-refractivity contribution in [2.75, 3.05) is 30.4 Å². The van der Waals surface area contributed by atoms with E-state index < -0.39 is 25.1 Å². The minimum absolute atomic E-state index is 0.0143. The molecule has 7 nitrogen and oxygen atoms in total. The number of sulfone groups is 1. The van der Waals surface area contributed by atoms with Crippen molar-refractivity contribution in [1.29, 1.82) is 0 Å². The van der Waals surface area contributed by atoms with E-state index in [0.717, 1.165) is 0 Å². The highest BCUT2D eigenvalue weighted by Gasteiger charge is 2.31. The summed E-state index contributed by atoms with van der Waals surface area (Å²) in [5.41, 5.74) is 6.29. The third kappa shape index (κ3) is 3.47. The van der Waals surface area contributed by atoms with Crippen LogP contribution in [0.4, 0.5) is 11.4 Å². The number of benzene rings is 1. The lowest BCUT2D eigenvalue weighted by Crippen LogP contribution is -2.26. The number of sulfonamides is 1. The van der Waals surface area contributed by atoms with E-state index in [1.165, 1.54) is 13.1 Å². The SMILES string of the molecule is CNS(=O)(=O)c1cc(N)ccc1NCC1CCCS1(=O)=O. The summed E-state index contributed by atoms with van der Waals surface area (Å²) in [4.78, 5) is 0.0143. The molecule has 4 N–H and O–H groups in total. The van der Waals surface area contributed by atoms with Gasteiger partial charge in [-0.25, -0.2) is 21.6 Å². The normalized spacial score (nSPS) is 21.3. The second kappa shape index (κ2) is 5.82. The van der Waals surface area contributed by atoms with Crippen molar-refractivity contribution in [3.05, 3.63) is 18.2 Å². The Kier molecular flexibility index (Phi) is 4.45. The standard InChI is InChI=1S/C12H19N3O4S2/c1-14-21(18,19)12-7-9(13)4-5-11(12)15-8-10-3-2-6-20(10,16)17/h4-5,7,10,14-15H,2-3,6,8,13H2,1H3. The quantitative estimate of drug-likeness (QED) is 0.661. The Balaban J connectivity index is 2.25. The van der Waals surface area contributed by atoms with Crippen molar-refractivity contribution in [2.24, 2.45) is 0 Å². The highest BCUT2D eigenvalue weighted by Crippen LogP contribution is 2.26. The van der Waals surface area contributed by atoms with Gasteiger partial charge in [0.2, 0.25) is 10.0 Å². The van der Waals surface area contributed by atoms with Crippen LogP contribution in [0.25, 0.3) is 0 Å². The number of nitrogens with two attached hydrogens (primary N) is 1. The summed E-state index contributed by atoms with van der Waals surface area (Å²) < 4.78 is 49.7. The lowest BCUT2D eigenvalue weighted by molar-refractivity contribution is 0.588. The fraction of sp³-hybridized carbons (Fsp3) is 0.500. The summed E-state index contributed by atoms with van der Waals surface area (Å²) in [6.07, 6.45) is 1.25. The Morgan fingerprint density at radius 3 is 2.67 bits per heavy atom. The minimum atomic E-state index is -3.67. The predicted molar refractivity (Wildman–Crippen MR) is 82.4 cm³/mol. The van der Waals surface area contributed by atoms with Gasteiger partial charge in [0.25, 0.3) is 0 Å². The molecule has 1 heterocycles. The van der Waals surface area contributed by atoms with Crippen LogP contribution in [0.15, 0.2) is 23.1 Å². The van der Waals surface area contributed by atoms with Crippen LogP contribution in [-0.4, -0.2) is 41.4 Å². The number of nitrogen functional groups attached to an aromatic ring is 1. The highest BCUT2D eigenvalue weighted by atomic mass is 32.2. The van der Waals surface area contributed by atoms with E-state index in [4.69, 9.17) is 5.73 Å². The van der Waals surface area contributed by atoms with Gasteiger partial charge >= 0.3 is 0 Å². The van der Waals surface area contributed by atoms with Gasteiger partial charge in [-0.3, -0.25) is 0 Å². The van der Waals surface area contributed by atoms with E-state index in [-0.39, 0.29) is 17.2 Å². The summed E-state index contributed by atoms with van der Waals surface area (Å²) >= 11 is 0. The van der Waals surface area contributed by atoms with Crippen molar-refractivity contribution < 1.29 is 16.8 Å². The van der Waals surface area contributed by atoms with Crippen LogP contribution in [0.3, 0.4) is 0 Å². The largest absolute Gasteiger partial charge is 0.399 e. The molecular weight excluding hydrogens is 314 g/mol. The first-order valence-corrected chi connectivity index (χ1v) is 9.74. The first-order chi connectivity index (χ1) is 9.76. The molecule has 2 rings (SSSR count). The third-order valence-corrected chi connectivity index (χ3v) is 7.28. The maximum atomic E-state index is 12.0. The Bertz CT molecular complexity index is 729. The zero-order chi connectivity index (χ0) is 15.7. The topological polar surface area (TPSA) is 118 Å². The number of anilines is 2. The zero-order valence-electron chi connectivity index (χ0n) is 11.7. The molecule has 1 aromatic rings. The first-order valence-electron chi connectivity index (χ1n) is 6.55. The van der Waals surface area contributed by atoms with E-state index >= 15 is 0 Å². The monoisotopic (exact) mass is 333 g/mol. The highest BCUT2D eigenvalue weighted by molar-refractivity contribution is 7.92. The molecule has 0 radical (unpaired) electrons. The van der Waals surface area contributed by atoms with Gasteiger partial charge in [0.15, 0.2) is 9.84 Å². The van der Waals surface area contributed by atoms with Crippen LogP contribution in [0.1, 0.15) is 12.8 Å². The van der Waals surface area contributed by atoms with Crippen molar-refractivity contribution in [3.63, 3.8) is 0 Å². The maximum Gasteiger partial charge on any atom is 0.242 e. The molecule has 0 aliphatic carbocycles. The predicted octanol–water partition coefficient (Wildman–Crippen LogP) is 0.166. The van der Waals surface area contributed by atoms with Crippen molar-refractivity contribution >= 4 is 31.2 Å². The molecule has 0 spiro atoms. The molecule has 0 bridgehead atoms. The molecular formula is C12H19N3O4S2. The second-order valence-electron chi connectivity index (χ2n) is 4.98. The van der Waals surface area contributed by atoms with Crippen LogP contribution < -0.4 is 15.8 Å². The molecule has 1 aliphatic rings. The van der Waals surface area contributed by atoms with Gasteiger partial charge in [0.1, 0.15) is 4.90 Å². The zero-order valence-corrected chi connectivity index (χ0v) is 13.3. The van der Waals surface area contributed by atoms with E-state index in [1.807, 2.05) is 0 Å². The second-order valence-corrected chi connectivity index (χ2v) is 9.23. The Morgan fingerprint density at radius 2 is 2.10 bits per heavy atom. The van der Waals surface area contributed by atoms with E-state index in [1.54, 1.807) is 12.1 Å². The van der Waals surface area contributed by atoms with Crippen LogP contribution in [0, 0.1) is 0 Å². The summed E-state index contributed by atoms with van der Waals surface area (Å²) in [5, 5.41) is 2.45. The lowest BCUT2D eigenvalue weighted by Gasteiger charge is -2.15. The molecule has 118 valence electrons. The van der Waals surface area contributed by atoms with Gasteiger partial charge in [-0.2, -0.15) is 0 Å². The smallest absolute Gasteiger partial charge is 0.242 e. The van der Waals surface area contributed by atoms with E-state index in [2.05, 4.69) is 10.0 Å². The van der Waals surface area contributed by atoms with Crippen molar-refractivity contribution in [2.45, 2.75) is 23.0 Å². The fourth-order valence-electron chi connectivity index (χ4n) is 2.33. The molecule has 0 aromatic heterocycles. The molecule has 0 saturated carbocycles. The van der Waals surface area contributed by atoms with Crippen LogP contribution in [-0.2, 0) is 19.9 Å². The first kappa shape index (κ1) is 16.1. The molecule has 9 heteroatoms. The Hall–Kier alpha value is -1.32. The van der Waals surface area contributed by atoms with Crippen molar-refractivity contribution in [3.8, 4) is 0 Å². The van der Waals surface area contributed by atoms with Crippen LogP contribution in [0.2, 0.25) is 0 Å². The molecule has 1 saturated heterocycles. The molecule has 1 atom stereocenters. The summed E-state index contributed by atoms with van der Waals surface area (Å²) in [7, 11) is -5.43. The Morgan fingerprint density at radius 1 is 1.38 bits per heavy atom. The molecule has 0 amide bonds. The number of nitrogens with one attached hydrogen (secondary N) is 2. The molecule has 1 unspecified atom stereocenters. The fourth-order valence-corrected chi connectivity index (χ4v) is 5.03. The Labute approximate surface area is 124 Å². The summed E-state index contributed by atoms with van der Waals surface area (Å²) in [5.74, 6) is 0.197. The van der Waals surface area contributed by atoms with Crippen molar-refractivity contribution in [1.82, 2.24) is 4.72 Å². The average molecular weight is 333 g/mol. The number of hydrogen-bond donors (Lipinski definition) is 3. The minimum Gasteiger partial charge on any atom is -0.399 e. The van der Waals surface area contributed by atoms with Gasteiger partial charge in [-0.15, -0.1) is 0 Å². The van der Waals surface area contributed by atoms with Gasteiger partial charge < -0.3 is 11.1 Å². The van der Waals surface area contributed by atoms with E-state index in [0.29, 0.717) is 24.2 Å². The summed E-state index contributed by atoms with van der Waals surface area (Å²) in [6, 6.07) is 4.46. The molecule has 1 fully saturated rings. The summed E-state index contributed by atoms with van der Waals surface area (Å²) in [6.45, 7) is 0.193. The van der Waals surface area contributed by atoms with Gasteiger partial charge in [-0.1, -0.05) is 0 Å². The average Bonchev–Trinajstić information content (AvgIpc) is 2.76.